The number of phenols is 1. The van der Waals surface area contributed by atoms with Crippen molar-refractivity contribution in [1.82, 2.24) is 14.5 Å². The molecule has 0 saturated heterocycles. The number of nitrogens with zero attached hydrogens (tertiary/aromatic N) is 3. The fraction of sp³-hybridized carbons (Fsp3) is 0.171. The van der Waals surface area contributed by atoms with Crippen LogP contribution < -0.4 is 0 Å². The molecule has 0 unspecified atom stereocenters. The summed E-state index contributed by atoms with van der Waals surface area (Å²) in [6, 6.07) is 38.9. The molecule has 2 heterocycles. The van der Waals surface area contributed by atoms with Crippen LogP contribution in [0.15, 0.2) is 109 Å². The largest absolute Gasteiger partial charge is 0.507 e. The van der Waals surface area contributed by atoms with Crippen LogP contribution in [0.5, 0.6) is 5.75 Å². The maximum Gasteiger partial charge on any atom is 0.148 e. The number of pyridine rings is 1. The van der Waals surface area contributed by atoms with E-state index < -0.39 is 0 Å². The van der Waals surface area contributed by atoms with Crippen molar-refractivity contribution in [3.63, 3.8) is 0 Å². The van der Waals surface area contributed by atoms with Crippen LogP contribution in [0.1, 0.15) is 56.2 Å². The van der Waals surface area contributed by atoms with Gasteiger partial charge in [0, 0.05) is 33.0 Å². The number of aromatic hydroxyl groups is 1. The minimum atomic E-state index is 0. The SMILES string of the molecule is Cc1ccc2c(-c3[c-]c(-c4cccc5c4nc(-c4ccccc4O)n5-c4c(C(C)C)cccc4C(C)C)ccc3)nccc2c1.[Pt]. The third kappa shape index (κ3) is 5.46. The van der Waals surface area contributed by atoms with Crippen LogP contribution in [-0.2, 0) is 21.1 Å². The average Bonchev–Trinajstić information content (AvgIpc) is 3.43. The van der Waals surface area contributed by atoms with Gasteiger partial charge in [0.15, 0.2) is 0 Å². The molecule has 0 saturated carbocycles. The number of phenolic OH excluding ortho intramolecular Hbond substituents is 1. The minimum Gasteiger partial charge on any atom is -0.507 e. The third-order valence-electron chi connectivity index (χ3n) is 8.66. The van der Waals surface area contributed by atoms with Crippen molar-refractivity contribution in [1.29, 1.82) is 0 Å². The summed E-state index contributed by atoms with van der Waals surface area (Å²) in [5.41, 5.74) is 11.2. The van der Waals surface area contributed by atoms with Crippen LogP contribution in [-0.4, -0.2) is 19.6 Å². The predicted molar refractivity (Wildman–Crippen MR) is 186 cm³/mol. The van der Waals surface area contributed by atoms with E-state index in [4.69, 9.17) is 9.97 Å². The number of fused-ring (bicyclic) bond motifs is 2. The van der Waals surface area contributed by atoms with Gasteiger partial charge in [-0.3, -0.25) is 9.55 Å². The first kappa shape index (κ1) is 31.5. The number of benzene rings is 5. The summed E-state index contributed by atoms with van der Waals surface area (Å²) in [4.78, 5) is 10.1. The molecule has 0 aliphatic carbocycles. The number of hydrogen-bond donors (Lipinski definition) is 1. The van der Waals surface area contributed by atoms with E-state index in [0.29, 0.717) is 23.2 Å². The summed E-state index contributed by atoms with van der Waals surface area (Å²) in [6.07, 6.45) is 1.87. The van der Waals surface area contributed by atoms with E-state index in [0.717, 1.165) is 49.9 Å². The number of imidazole rings is 1. The van der Waals surface area contributed by atoms with Gasteiger partial charge in [-0.05, 0) is 64.9 Å². The fourth-order valence-corrected chi connectivity index (χ4v) is 6.43. The van der Waals surface area contributed by atoms with Crippen LogP contribution in [0.3, 0.4) is 0 Å². The summed E-state index contributed by atoms with van der Waals surface area (Å²) in [5, 5.41) is 13.4. The molecule has 5 heteroatoms. The maximum absolute atomic E-state index is 11.1. The van der Waals surface area contributed by atoms with Crippen LogP contribution in [0.25, 0.3) is 61.3 Å². The molecule has 0 amide bonds. The van der Waals surface area contributed by atoms with Gasteiger partial charge >= 0.3 is 0 Å². The topological polar surface area (TPSA) is 50.9 Å². The van der Waals surface area contributed by atoms with E-state index in [9.17, 15) is 5.11 Å². The molecular weight excluding hydrogens is 746 g/mol. The zero-order valence-corrected chi connectivity index (χ0v) is 28.9. The Morgan fingerprint density at radius 3 is 2.13 bits per heavy atom. The van der Waals surface area contributed by atoms with Crippen molar-refractivity contribution < 1.29 is 26.2 Å². The Labute approximate surface area is 285 Å². The number of aromatic nitrogens is 3. The van der Waals surface area contributed by atoms with Crippen molar-refractivity contribution in [2.75, 3.05) is 0 Å². The Hall–Kier alpha value is -4.53. The molecule has 0 radical (unpaired) electrons. The van der Waals surface area contributed by atoms with Gasteiger partial charge in [-0.1, -0.05) is 105 Å². The molecule has 7 rings (SSSR count). The van der Waals surface area contributed by atoms with E-state index in [1.54, 1.807) is 6.07 Å². The van der Waals surface area contributed by atoms with Crippen molar-refractivity contribution in [2.24, 2.45) is 0 Å². The van der Waals surface area contributed by atoms with Gasteiger partial charge in [0.25, 0.3) is 0 Å². The quantitative estimate of drug-likeness (QED) is 0.171. The standard InChI is InChI=1S/C41H36N3O.Pt/c1-25(2)31-14-9-15-32(26(3)4)40(31)44-36-17-10-16-33(39(36)43-41(44)35-13-6-7-18-37(35)45)28-11-8-12-30(24-28)38-34-20-19-27(5)23-29(34)21-22-42-38;/h6-23,25-26,45H,1-5H3;/q-1;. The van der Waals surface area contributed by atoms with Crippen molar-refractivity contribution in [2.45, 2.75) is 46.5 Å². The van der Waals surface area contributed by atoms with Crippen molar-refractivity contribution in [3.05, 3.63) is 132 Å². The molecule has 0 spiro atoms. The Balaban J connectivity index is 0.00000372. The first-order valence-electron chi connectivity index (χ1n) is 15.6. The van der Waals surface area contributed by atoms with Gasteiger partial charge < -0.3 is 5.11 Å². The Kier molecular flexibility index (Phi) is 8.68. The fourth-order valence-electron chi connectivity index (χ4n) is 6.43. The van der Waals surface area contributed by atoms with Crippen LogP contribution >= 0.6 is 0 Å². The summed E-state index contributed by atoms with van der Waals surface area (Å²) in [7, 11) is 0. The second kappa shape index (κ2) is 12.7. The predicted octanol–water partition coefficient (Wildman–Crippen LogP) is 10.6. The molecule has 232 valence electrons. The van der Waals surface area contributed by atoms with Crippen molar-refractivity contribution >= 4 is 21.8 Å². The van der Waals surface area contributed by atoms with Gasteiger partial charge in [0.05, 0.1) is 22.3 Å². The molecule has 4 nitrogen and oxygen atoms in total. The zero-order chi connectivity index (χ0) is 31.2. The molecule has 5 aromatic carbocycles. The number of hydrogen-bond acceptors (Lipinski definition) is 3. The zero-order valence-electron chi connectivity index (χ0n) is 26.7. The van der Waals surface area contributed by atoms with Crippen LogP contribution in [0.2, 0.25) is 0 Å². The first-order chi connectivity index (χ1) is 21.8. The first-order valence-corrected chi connectivity index (χ1v) is 15.6. The molecule has 1 N–H and O–H groups in total. The second-order valence-electron chi connectivity index (χ2n) is 12.4. The van der Waals surface area contributed by atoms with Crippen LogP contribution in [0.4, 0.5) is 0 Å². The molecule has 46 heavy (non-hydrogen) atoms. The van der Waals surface area contributed by atoms with E-state index in [2.05, 4.69) is 124 Å². The van der Waals surface area contributed by atoms with E-state index in [1.807, 2.05) is 24.4 Å². The molecule has 0 atom stereocenters. The Morgan fingerprint density at radius 2 is 1.39 bits per heavy atom. The number of rotatable bonds is 6. The summed E-state index contributed by atoms with van der Waals surface area (Å²) in [6.45, 7) is 11.0. The number of aryl methyl sites for hydroxylation is 1. The third-order valence-corrected chi connectivity index (χ3v) is 8.66. The van der Waals surface area contributed by atoms with Gasteiger partial charge in [0.1, 0.15) is 11.6 Å². The van der Waals surface area contributed by atoms with E-state index in [-0.39, 0.29) is 26.8 Å². The molecule has 2 aromatic heterocycles. The molecule has 0 fully saturated rings. The summed E-state index contributed by atoms with van der Waals surface area (Å²) >= 11 is 0. The smallest absolute Gasteiger partial charge is 0.148 e. The van der Waals surface area contributed by atoms with Gasteiger partial charge in [-0.25, -0.2) is 4.98 Å². The van der Waals surface area contributed by atoms with E-state index >= 15 is 0 Å². The van der Waals surface area contributed by atoms with E-state index in [1.165, 1.54) is 16.7 Å². The summed E-state index contributed by atoms with van der Waals surface area (Å²) in [5.74, 6) is 1.50. The molecule has 0 aliphatic rings. The van der Waals surface area contributed by atoms with Gasteiger partial charge in [0.2, 0.25) is 0 Å². The Bertz CT molecular complexity index is 2190. The Morgan fingerprint density at radius 1 is 0.717 bits per heavy atom. The average molecular weight is 782 g/mol. The maximum atomic E-state index is 11.1. The van der Waals surface area contributed by atoms with Crippen molar-refractivity contribution in [3.8, 4) is 45.2 Å². The number of para-hydroxylation sites is 3. The van der Waals surface area contributed by atoms with Crippen LogP contribution in [0, 0.1) is 13.0 Å². The molecular formula is C41H36N3OPt-. The van der Waals surface area contributed by atoms with Gasteiger partial charge in [-0.2, -0.15) is 0 Å². The summed E-state index contributed by atoms with van der Waals surface area (Å²) < 4.78 is 2.26. The monoisotopic (exact) mass is 781 g/mol. The molecule has 7 aromatic rings. The second-order valence-corrected chi connectivity index (χ2v) is 12.4. The van der Waals surface area contributed by atoms with Gasteiger partial charge in [-0.15, -0.1) is 29.8 Å². The molecule has 0 aliphatic heterocycles. The minimum absolute atomic E-state index is 0. The molecule has 0 bridgehead atoms. The normalized spacial score (nSPS) is 11.5.